The van der Waals surface area contributed by atoms with Gasteiger partial charge in [-0.2, -0.15) is 4.90 Å². The number of hydrogen-bond acceptors (Lipinski definition) is 6. The lowest BCUT2D eigenvalue weighted by atomic mass is 10.2. The summed E-state index contributed by atoms with van der Waals surface area (Å²) in [6.07, 6.45) is -2.10. The highest BCUT2D eigenvalue weighted by molar-refractivity contribution is 6.16. The minimum Gasteiger partial charge on any atom is -0.410 e. The number of benzene rings is 3. The number of hydrogen-bond donors (Lipinski definition) is 2. The van der Waals surface area contributed by atoms with E-state index >= 15 is 0 Å². The van der Waals surface area contributed by atoms with Crippen molar-refractivity contribution in [3.05, 3.63) is 83.9 Å². The number of amides is 4. The highest BCUT2D eigenvalue weighted by atomic mass is 16.6. The first-order chi connectivity index (χ1) is 14.8. The zero-order valence-electron chi connectivity index (χ0n) is 17.0. The average Bonchev–Trinajstić information content (AvgIpc) is 2.73. The smallest absolute Gasteiger partial charge is 0.410 e. The fourth-order valence-corrected chi connectivity index (χ4v) is 2.62. The highest BCUT2D eigenvalue weighted by Crippen LogP contribution is 2.24. The molecule has 0 aliphatic carbocycles. The van der Waals surface area contributed by atoms with Crippen LogP contribution in [0.4, 0.5) is 25.8 Å². The molecule has 0 bridgehead atoms. The van der Waals surface area contributed by atoms with E-state index in [1.54, 1.807) is 60.7 Å². The summed E-state index contributed by atoms with van der Waals surface area (Å²) in [5, 5.41) is 2.01. The van der Waals surface area contributed by atoms with Crippen LogP contribution in [0, 0.1) is 13.8 Å². The molecular weight excluding hydrogens is 398 g/mol. The zero-order chi connectivity index (χ0) is 22.4. The minimum absolute atomic E-state index is 0.0558. The van der Waals surface area contributed by atoms with E-state index in [1.807, 2.05) is 19.2 Å². The van der Waals surface area contributed by atoms with Gasteiger partial charge in [0.25, 0.3) is 0 Å². The van der Waals surface area contributed by atoms with Crippen LogP contribution in [0.3, 0.4) is 0 Å². The number of nitrogens with two attached hydrogens (primary N) is 1. The van der Waals surface area contributed by atoms with Crippen molar-refractivity contribution in [2.75, 3.05) is 10.6 Å². The maximum atomic E-state index is 12.8. The number of anilines is 2. The van der Waals surface area contributed by atoms with E-state index in [4.69, 9.17) is 15.2 Å². The molecule has 0 saturated carbocycles. The first-order valence-electron chi connectivity index (χ1n) is 9.36. The van der Waals surface area contributed by atoms with E-state index in [0.717, 1.165) is 11.1 Å². The van der Waals surface area contributed by atoms with Crippen molar-refractivity contribution >= 4 is 29.6 Å². The Hall–Kier alpha value is -4.33. The molecular formula is C23H21N3O5. The summed E-state index contributed by atoms with van der Waals surface area (Å²) in [7, 11) is 0. The average molecular weight is 419 g/mol. The molecule has 0 atom stereocenters. The molecule has 0 aromatic heterocycles. The molecule has 0 fully saturated rings. The molecule has 0 unspecified atom stereocenters. The molecule has 0 radical (unpaired) electrons. The molecule has 8 heteroatoms. The van der Waals surface area contributed by atoms with Gasteiger partial charge in [0, 0.05) is 0 Å². The number of urea groups is 1. The fourth-order valence-electron chi connectivity index (χ4n) is 2.62. The van der Waals surface area contributed by atoms with Crippen LogP contribution in [0.15, 0.2) is 72.8 Å². The van der Waals surface area contributed by atoms with Crippen LogP contribution < -0.4 is 25.4 Å². The van der Waals surface area contributed by atoms with Crippen molar-refractivity contribution in [3.63, 3.8) is 0 Å². The van der Waals surface area contributed by atoms with E-state index < -0.39 is 18.2 Å². The maximum absolute atomic E-state index is 12.8. The molecule has 31 heavy (non-hydrogen) atoms. The Morgan fingerprint density at radius 2 is 1.29 bits per heavy atom. The third-order valence-electron chi connectivity index (χ3n) is 4.23. The summed E-state index contributed by atoms with van der Waals surface area (Å²) in [4.78, 5) is 38.4. The van der Waals surface area contributed by atoms with Crippen molar-refractivity contribution in [2.45, 2.75) is 13.8 Å². The topological polar surface area (TPSA) is 111 Å². The number of nitrogens with one attached hydrogen (secondary N) is 1. The first-order valence-corrected chi connectivity index (χ1v) is 9.36. The van der Waals surface area contributed by atoms with Crippen molar-refractivity contribution in [1.82, 2.24) is 5.32 Å². The Morgan fingerprint density at radius 3 is 1.84 bits per heavy atom. The second-order valence-corrected chi connectivity index (χ2v) is 6.71. The first kappa shape index (κ1) is 21.4. The number of rotatable bonds is 3. The monoisotopic (exact) mass is 419 g/mol. The second-order valence-electron chi connectivity index (χ2n) is 6.71. The number of carbonyl (C=O) groups is 3. The van der Waals surface area contributed by atoms with Gasteiger partial charge in [-0.15, -0.1) is 0 Å². The molecule has 8 nitrogen and oxygen atoms in total. The van der Waals surface area contributed by atoms with Gasteiger partial charge in [-0.3, -0.25) is 0 Å². The van der Waals surface area contributed by atoms with Crippen LogP contribution >= 0.6 is 0 Å². The molecule has 3 N–H and O–H groups in total. The van der Waals surface area contributed by atoms with Gasteiger partial charge in [-0.25, -0.2) is 19.7 Å². The molecule has 0 aliphatic heterocycles. The molecule has 4 amide bonds. The minimum atomic E-state index is -1.08. The number of nitrogen functional groups attached to an aromatic ring is 1. The lowest BCUT2D eigenvalue weighted by Gasteiger charge is -2.21. The van der Waals surface area contributed by atoms with Crippen LogP contribution in [0.1, 0.15) is 11.1 Å². The predicted molar refractivity (Wildman–Crippen MR) is 116 cm³/mol. The molecule has 3 rings (SSSR count). The molecule has 158 valence electrons. The lowest BCUT2D eigenvalue weighted by molar-refractivity contribution is 0.195. The van der Waals surface area contributed by atoms with Crippen molar-refractivity contribution in [1.29, 1.82) is 0 Å². The SMILES string of the molecule is Cc1ccc(OC(=O)NC(=O)N(C(=O)Oc2ccc(C)cc2)c2ccccc2N)cc1. The van der Waals surface area contributed by atoms with Gasteiger partial charge in [0.2, 0.25) is 0 Å². The summed E-state index contributed by atoms with van der Waals surface area (Å²) in [6.45, 7) is 3.77. The van der Waals surface area contributed by atoms with Crippen LogP contribution in [0.5, 0.6) is 11.5 Å². The van der Waals surface area contributed by atoms with Crippen molar-refractivity contribution < 1.29 is 23.9 Å². The third kappa shape index (κ3) is 5.60. The molecule has 3 aromatic carbocycles. The number of nitrogens with zero attached hydrogens (tertiary/aromatic N) is 1. The van der Waals surface area contributed by atoms with Gasteiger partial charge in [-0.1, -0.05) is 47.5 Å². The molecule has 0 heterocycles. The number of imide groups is 2. The van der Waals surface area contributed by atoms with E-state index in [-0.39, 0.29) is 22.9 Å². The van der Waals surface area contributed by atoms with E-state index in [2.05, 4.69) is 0 Å². The summed E-state index contributed by atoms with van der Waals surface area (Å²) >= 11 is 0. The fraction of sp³-hybridized carbons (Fsp3) is 0.0870. The summed E-state index contributed by atoms with van der Waals surface area (Å²) in [5.74, 6) is 0.467. The lowest BCUT2D eigenvalue weighted by Crippen LogP contribution is -2.48. The van der Waals surface area contributed by atoms with Crippen LogP contribution in [0.2, 0.25) is 0 Å². The second kappa shape index (κ2) is 9.45. The standard InChI is InChI=1S/C23H21N3O5/c1-15-7-11-17(12-8-15)30-22(28)25-21(27)26(20-6-4-3-5-19(20)24)23(29)31-18-13-9-16(2)10-14-18/h3-14H,24H2,1-2H3,(H,25,27,28). The summed E-state index contributed by atoms with van der Waals surface area (Å²) < 4.78 is 10.4. The maximum Gasteiger partial charge on any atom is 0.428 e. The van der Waals surface area contributed by atoms with Crippen molar-refractivity contribution in [2.24, 2.45) is 0 Å². The number of aryl methyl sites for hydroxylation is 2. The molecule has 0 aliphatic rings. The normalized spacial score (nSPS) is 10.1. The molecule has 3 aromatic rings. The molecule has 0 spiro atoms. The number of para-hydroxylation sites is 2. The number of ether oxygens (including phenoxy) is 2. The quantitative estimate of drug-likeness (QED) is 0.590. The van der Waals surface area contributed by atoms with Gasteiger partial charge >= 0.3 is 18.2 Å². The third-order valence-corrected chi connectivity index (χ3v) is 4.23. The van der Waals surface area contributed by atoms with Crippen LogP contribution in [0.25, 0.3) is 0 Å². The van der Waals surface area contributed by atoms with Gasteiger partial charge in [0.1, 0.15) is 11.5 Å². The number of carbonyl (C=O) groups excluding carboxylic acids is 3. The van der Waals surface area contributed by atoms with E-state index in [1.165, 1.54) is 12.1 Å². The van der Waals surface area contributed by atoms with E-state index in [9.17, 15) is 14.4 Å². The van der Waals surface area contributed by atoms with E-state index in [0.29, 0.717) is 4.90 Å². The Kier molecular flexibility index (Phi) is 6.51. The van der Waals surface area contributed by atoms with Gasteiger partial charge in [-0.05, 0) is 50.2 Å². The van der Waals surface area contributed by atoms with Crippen molar-refractivity contribution in [3.8, 4) is 11.5 Å². The Bertz CT molecular complexity index is 1090. The summed E-state index contributed by atoms with van der Waals surface area (Å²) in [6, 6.07) is 18.5. The van der Waals surface area contributed by atoms with Crippen LogP contribution in [-0.4, -0.2) is 18.2 Å². The highest BCUT2D eigenvalue weighted by Gasteiger charge is 2.29. The van der Waals surface area contributed by atoms with Gasteiger partial charge in [0.05, 0.1) is 11.4 Å². The van der Waals surface area contributed by atoms with Crippen LogP contribution in [-0.2, 0) is 0 Å². The van der Waals surface area contributed by atoms with Gasteiger partial charge in [0.15, 0.2) is 0 Å². The largest absolute Gasteiger partial charge is 0.428 e. The predicted octanol–water partition coefficient (Wildman–Crippen LogP) is 4.80. The molecule has 0 saturated heterocycles. The Labute approximate surface area is 179 Å². The zero-order valence-corrected chi connectivity index (χ0v) is 17.0. The Balaban J connectivity index is 1.79. The Morgan fingerprint density at radius 1 is 0.774 bits per heavy atom. The summed E-state index contributed by atoms with van der Waals surface area (Å²) in [5.41, 5.74) is 8.09. The van der Waals surface area contributed by atoms with Gasteiger partial charge < -0.3 is 15.2 Å².